The van der Waals surface area contributed by atoms with Crippen molar-refractivity contribution in [3.8, 4) is 5.69 Å². The minimum Gasteiger partial charge on any atom is -0.327 e. The molecule has 2 N–H and O–H groups in total. The summed E-state index contributed by atoms with van der Waals surface area (Å²) < 4.78 is 3.04. The molecule has 0 bridgehead atoms. The summed E-state index contributed by atoms with van der Waals surface area (Å²) in [7, 11) is 0. The number of aryl methyl sites for hydroxylation is 1. The maximum Gasteiger partial charge on any atom is 0.0743 e. The molecule has 0 saturated heterocycles. The Bertz CT molecular complexity index is 575. The molecule has 0 amide bonds. The Balaban J connectivity index is 2.35. The van der Waals surface area contributed by atoms with E-state index in [1.165, 1.54) is 5.56 Å². The molecule has 2 aromatic rings. The zero-order valence-corrected chi connectivity index (χ0v) is 13.2. The molecule has 3 nitrogen and oxygen atoms in total. The maximum atomic E-state index is 6.02. The summed E-state index contributed by atoms with van der Waals surface area (Å²) in [5.74, 6) is 0. The highest BCUT2D eigenvalue weighted by Crippen LogP contribution is 2.23. The second-order valence-electron chi connectivity index (χ2n) is 4.94. The molecular weight excluding hydrogens is 302 g/mol. The Morgan fingerprint density at radius 3 is 2.68 bits per heavy atom. The quantitative estimate of drug-likeness (QED) is 0.936. The lowest BCUT2D eigenvalue weighted by molar-refractivity contribution is 0.646. The van der Waals surface area contributed by atoms with Crippen molar-refractivity contribution in [2.75, 3.05) is 0 Å². The zero-order chi connectivity index (χ0) is 14.0. The molecule has 1 aromatic carbocycles. The Hall–Kier alpha value is -1.13. The van der Waals surface area contributed by atoms with Gasteiger partial charge < -0.3 is 5.73 Å². The fourth-order valence-electron chi connectivity index (χ4n) is 2.14. The van der Waals surface area contributed by atoms with Gasteiger partial charge >= 0.3 is 0 Å². The molecule has 0 aliphatic heterocycles. The van der Waals surface area contributed by atoms with E-state index >= 15 is 0 Å². The van der Waals surface area contributed by atoms with Crippen molar-refractivity contribution in [2.45, 2.75) is 39.7 Å². The fourth-order valence-corrected chi connectivity index (χ4v) is 2.38. The van der Waals surface area contributed by atoms with Crippen LogP contribution in [0.15, 0.2) is 28.7 Å². The van der Waals surface area contributed by atoms with E-state index in [-0.39, 0.29) is 6.04 Å². The molecule has 1 heterocycles. The van der Waals surface area contributed by atoms with Gasteiger partial charge in [-0.3, -0.25) is 0 Å². The SMILES string of the molecule is CCC(N)Cc1cccc(-n2nc(C)c(Br)c2C)c1. The van der Waals surface area contributed by atoms with Crippen LogP contribution in [0.3, 0.4) is 0 Å². The molecule has 0 radical (unpaired) electrons. The molecule has 2 rings (SSSR count). The first-order valence-corrected chi connectivity index (χ1v) is 7.38. The number of rotatable bonds is 4. The van der Waals surface area contributed by atoms with Crippen molar-refractivity contribution >= 4 is 15.9 Å². The first-order valence-electron chi connectivity index (χ1n) is 6.59. The lowest BCUT2D eigenvalue weighted by atomic mass is 10.0. The van der Waals surface area contributed by atoms with Gasteiger partial charge in [-0.1, -0.05) is 19.1 Å². The Morgan fingerprint density at radius 1 is 1.37 bits per heavy atom. The number of aromatic nitrogens is 2. The van der Waals surface area contributed by atoms with Crippen molar-refractivity contribution < 1.29 is 0 Å². The van der Waals surface area contributed by atoms with Crippen LogP contribution in [0.4, 0.5) is 0 Å². The highest BCUT2D eigenvalue weighted by Gasteiger charge is 2.11. The van der Waals surface area contributed by atoms with Gasteiger partial charge in [0, 0.05) is 6.04 Å². The maximum absolute atomic E-state index is 6.02. The summed E-state index contributed by atoms with van der Waals surface area (Å²) in [5.41, 5.74) is 10.5. The third-order valence-corrected chi connectivity index (χ3v) is 4.53. The van der Waals surface area contributed by atoms with Crippen LogP contribution in [-0.4, -0.2) is 15.8 Å². The first kappa shape index (κ1) is 14.3. The summed E-state index contributed by atoms with van der Waals surface area (Å²) in [6.45, 7) is 6.19. The monoisotopic (exact) mass is 321 g/mol. The Kier molecular flexibility index (Phi) is 4.42. The van der Waals surface area contributed by atoms with E-state index in [1.54, 1.807) is 0 Å². The largest absolute Gasteiger partial charge is 0.327 e. The van der Waals surface area contributed by atoms with Gasteiger partial charge in [0.2, 0.25) is 0 Å². The van der Waals surface area contributed by atoms with E-state index < -0.39 is 0 Å². The predicted molar refractivity (Wildman–Crippen MR) is 82.7 cm³/mol. The average molecular weight is 322 g/mol. The third-order valence-electron chi connectivity index (χ3n) is 3.38. The summed E-state index contributed by atoms with van der Waals surface area (Å²) in [4.78, 5) is 0. The Labute approximate surface area is 122 Å². The van der Waals surface area contributed by atoms with E-state index in [0.29, 0.717) is 0 Å². The molecule has 1 atom stereocenters. The number of hydrogen-bond donors (Lipinski definition) is 1. The molecule has 19 heavy (non-hydrogen) atoms. The van der Waals surface area contributed by atoms with Gasteiger partial charge in [-0.15, -0.1) is 0 Å². The molecule has 0 aliphatic carbocycles. The third kappa shape index (κ3) is 3.07. The van der Waals surface area contributed by atoms with Gasteiger partial charge in [0.15, 0.2) is 0 Å². The molecule has 4 heteroatoms. The van der Waals surface area contributed by atoms with Gasteiger partial charge in [0.05, 0.1) is 21.5 Å². The molecule has 102 valence electrons. The second kappa shape index (κ2) is 5.88. The van der Waals surface area contributed by atoms with Crippen molar-refractivity contribution in [3.63, 3.8) is 0 Å². The van der Waals surface area contributed by atoms with E-state index in [9.17, 15) is 0 Å². The second-order valence-corrected chi connectivity index (χ2v) is 5.73. The summed E-state index contributed by atoms with van der Waals surface area (Å²) >= 11 is 3.56. The smallest absolute Gasteiger partial charge is 0.0743 e. The minimum absolute atomic E-state index is 0.224. The summed E-state index contributed by atoms with van der Waals surface area (Å²) in [6, 6.07) is 8.66. The van der Waals surface area contributed by atoms with E-state index in [0.717, 1.165) is 34.4 Å². The van der Waals surface area contributed by atoms with Crippen LogP contribution in [0.25, 0.3) is 5.69 Å². The highest BCUT2D eigenvalue weighted by atomic mass is 79.9. The normalized spacial score (nSPS) is 12.7. The van der Waals surface area contributed by atoms with Crippen molar-refractivity contribution in [3.05, 3.63) is 45.7 Å². The number of hydrogen-bond acceptors (Lipinski definition) is 2. The van der Waals surface area contributed by atoms with Crippen LogP contribution in [0.1, 0.15) is 30.3 Å². The molecule has 0 fully saturated rings. The molecule has 0 aliphatic rings. The van der Waals surface area contributed by atoms with Crippen LogP contribution in [-0.2, 0) is 6.42 Å². The number of nitrogens with two attached hydrogens (primary N) is 1. The fraction of sp³-hybridized carbons (Fsp3) is 0.400. The summed E-state index contributed by atoms with van der Waals surface area (Å²) in [5, 5.41) is 4.56. The molecular formula is C15H20BrN3. The summed E-state index contributed by atoms with van der Waals surface area (Å²) in [6.07, 6.45) is 1.90. The van der Waals surface area contributed by atoms with Gasteiger partial charge in [0.25, 0.3) is 0 Å². The highest BCUT2D eigenvalue weighted by molar-refractivity contribution is 9.10. The lowest BCUT2D eigenvalue weighted by Gasteiger charge is -2.11. The molecule has 1 aromatic heterocycles. The van der Waals surface area contributed by atoms with Crippen LogP contribution >= 0.6 is 15.9 Å². The van der Waals surface area contributed by atoms with Crippen LogP contribution in [0.2, 0.25) is 0 Å². The topological polar surface area (TPSA) is 43.8 Å². The number of halogens is 1. The van der Waals surface area contributed by atoms with Crippen molar-refractivity contribution in [1.82, 2.24) is 9.78 Å². The van der Waals surface area contributed by atoms with Gasteiger partial charge in [-0.25, -0.2) is 4.68 Å². The molecule has 0 spiro atoms. The van der Waals surface area contributed by atoms with E-state index in [1.807, 2.05) is 11.6 Å². The minimum atomic E-state index is 0.224. The lowest BCUT2D eigenvalue weighted by Crippen LogP contribution is -2.21. The predicted octanol–water partition coefficient (Wildman–Crippen LogP) is 3.53. The van der Waals surface area contributed by atoms with Gasteiger partial charge in [-0.05, 0) is 60.3 Å². The van der Waals surface area contributed by atoms with Crippen LogP contribution in [0.5, 0.6) is 0 Å². The average Bonchev–Trinajstić information content (AvgIpc) is 2.67. The first-order chi connectivity index (χ1) is 9.02. The zero-order valence-electron chi connectivity index (χ0n) is 11.7. The number of benzene rings is 1. The standard InChI is InChI=1S/C15H20BrN3/c1-4-13(17)8-12-6-5-7-14(9-12)19-11(3)15(16)10(2)18-19/h5-7,9,13H,4,8,17H2,1-3H3. The number of nitrogens with zero attached hydrogens (tertiary/aromatic N) is 2. The Morgan fingerprint density at radius 2 is 2.11 bits per heavy atom. The molecule has 1 unspecified atom stereocenters. The van der Waals surface area contributed by atoms with Crippen molar-refractivity contribution in [2.24, 2.45) is 5.73 Å². The van der Waals surface area contributed by atoms with Crippen LogP contribution in [0, 0.1) is 13.8 Å². The van der Waals surface area contributed by atoms with Crippen LogP contribution < -0.4 is 5.73 Å². The van der Waals surface area contributed by atoms with Crippen molar-refractivity contribution in [1.29, 1.82) is 0 Å². The van der Waals surface area contributed by atoms with Gasteiger partial charge in [-0.2, -0.15) is 5.10 Å². The van der Waals surface area contributed by atoms with E-state index in [4.69, 9.17) is 5.73 Å². The van der Waals surface area contributed by atoms with E-state index in [2.05, 4.69) is 59.1 Å². The van der Waals surface area contributed by atoms with Gasteiger partial charge in [0.1, 0.15) is 0 Å². The molecule has 0 saturated carbocycles.